The highest BCUT2D eigenvalue weighted by atomic mass is 16.5. The maximum Gasteiger partial charge on any atom is 0.136 e. The number of ether oxygens (including phenoxy) is 1. The Bertz CT molecular complexity index is 293. The van der Waals surface area contributed by atoms with Crippen molar-refractivity contribution in [3.05, 3.63) is 36.0 Å². The maximum atomic E-state index is 5.41. The fourth-order valence-corrected chi connectivity index (χ4v) is 1.40. The molecule has 70 valence electrons. The largest absolute Gasteiger partial charge is 0.496 e. The number of nitrogens with one attached hydrogen (secondary N) is 1. The molecule has 1 aliphatic heterocycles. The summed E-state index contributed by atoms with van der Waals surface area (Å²) < 4.78 is 10.6. The van der Waals surface area contributed by atoms with Crippen LogP contribution in [0.1, 0.15) is 18.2 Å². The first-order chi connectivity index (χ1) is 6.42. The molecule has 4 nitrogen and oxygen atoms in total. The van der Waals surface area contributed by atoms with Gasteiger partial charge in [0.15, 0.2) is 0 Å². The minimum atomic E-state index is -0.155. The van der Waals surface area contributed by atoms with Crippen LogP contribution in [0.5, 0.6) is 0 Å². The molecule has 1 aliphatic rings. The van der Waals surface area contributed by atoms with Crippen LogP contribution >= 0.6 is 0 Å². The van der Waals surface area contributed by atoms with Crippen LogP contribution in [-0.2, 0) is 4.74 Å². The van der Waals surface area contributed by atoms with Crippen molar-refractivity contribution < 1.29 is 9.15 Å². The Labute approximate surface area is 76.3 Å². The molecule has 0 saturated heterocycles. The van der Waals surface area contributed by atoms with Crippen LogP contribution < -0.4 is 11.3 Å². The Morgan fingerprint density at radius 1 is 1.54 bits per heavy atom. The zero-order valence-corrected chi connectivity index (χ0v) is 7.19. The van der Waals surface area contributed by atoms with Gasteiger partial charge in [0.25, 0.3) is 0 Å². The summed E-state index contributed by atoms with van der Waals surface area (Å²) in [5, 5.41) is 0. The Kier molecular flexibility index (Phi) is 2.33. The van der Waals surface area contributed by atoms with E-state index in [1.807, 2.05) is 18.2 Å². The second-order valence-electron chi connectivity index (χ2n) is 2.86. The van der Waals surface area contributed by atoms with Crippen molar-refractivity contribution in [2.75, 3.05) is 6.61 Å². The Balaban J connectivity index is 2.18. The number of nitrogens with two attached hydrogens (primary N) is 1. The van der Waals surface area contributed by atoms with Gasteiger partial charge in [-0.1, -0.05) is 0 Å². The summed E-state index contributed by atoms with van der Waals surface area (Å²) in [7, 11) is 0. The van der Waals surface area contributed by atoms with Gasteiger partial charge in [-0.3, -0.25) is 5.84 Å². The van der Waals surface area contributed by atoms with Gasteiger partial charge in [-0.15, -0.1) is 0 Å². The monoisotopic (exact) mass is 180 g/mol. The van der Waals surface area contributed by atoms with Crippen molar-refractivity contribution in [2.45, 2.75) is 12.5 Å². The molecule has 0 aliphatic carbocycles. The molecule has 1 unspecified atom stereocenters. The Morgan fingerprint density at radius 3 is 3.00 bits per heavy atom. The molecule has 0 radical (unpaired) electrons. The lowest BCUT2D eigenvalue weighted by Crippen LogP contribution is -2.29. The fraction of sp³-hybridized carbons (Fsp3) is 0.333. The average molecular weight is 180 g/mol. The van der Waals surface area contributed by atoms with Crippen molar-refractivity contribution in [3.63, 3.8) is 0 Å². The van der Waals surface area contributed by atoms with Gasteiger partial charge < -0.3 is 9.15 Å². The summed E-state index contributed by atoms with van der Waals surface area (Å²) in [6.07, 6.45) is 4.58. The summed E-state index contributed by atoms with van der Waals surface area (Å²) in [5.41, 5.74) is 2.66. The van der Waals surface area contributed by atoms with Gasteiger partial charge in [0.1, 0.15) is 17.6 Å². The van der Waals surface area contributed by atoms with Gasteiger partial charge in [0, 0.05) is 6.42 Å². The van der Waals surface area contributed by atoms with Gasteiger partial charge in [-0.05, 0) is 18.2 Å². The molecule has 2 rings (SSSR count). The van der Waals surface area contributed by atoms with E-state index in [1.165, 1.54) is 0 Å². The second-order valence-corrected chi connectivity index (χ2v) is 2.86. The van der Waals surface area contributed by atoms with Gasteiger partial charge >= 0.3 is 0 Å². The molecule has 1 aromatic heterocycles. The van der Waals surface area contributed by atoms with E-state index in [0.717, 1.165) is 24.5 Å². The molecular formula is C9H12N2O2. The fourth-order valence-electron chi connectivity index (χ4n) is 1.40. The zero-order chi connectivity index (χ0) is 9.10. The van der Waals surface area contributed by atoms with Crippen LogP contribution in [0, 0.1) is 0 Å². The predicted octanol–water partition coefficient (Wildman–Crippen LogP) is 1.09. The van der Waals surface area contributed by atoms with E-state index in [9.17, 15) is 0 Å². The molecule has 0 saturated carbocycles. The van der Waals surface area contributed by atoms with Crippen LogP contribution in [-0.4, -0.2) is 6.61 Å². The van der Waals surface area contributed by atoms with E-state index in [-0.39, 0.29) is 6.04 Å². The first-order valence-electron chi connectivity index (χ1n) is 4.24. The van der Waals surface area contributed by atoms with Crippen LogP contribution in [0.3, 0.4) is 0 Å². The van der Waals surface area contributed by atoms with Crippen molar-refractivity contribution in [1.29, 1.82) is 0 Å². The highest BCUT2D eigenvalue weighted by Gasteiger charge is 2.21. The number of hydrazine groups is 1. The van der Waals surface area contributed by atoms with Crippen LogP contribution in [0.4, 0.5) is 0 Å². The van der Waals surface area contributed by atoms with E-state index >= 15 is 0 Å². The summed E-state index contributed by atoms with van der Waals surface area (Å²) in [5.74, 6) is 7.03. The van der Waals surface area contributed by atoms with E-state index in [2.05, 4.69) is 5.43 Å². The standard InChI is InChI=1S/C9H12N2O2/c10-11-9(7-3-1-5-12-7)8-4-2-6-13-8/h1,3-5,9,11H,2,6,10H2. The highest BCUT2D eigenvalue weighted by molar-refractivity contribution is 5.17. The van der Waals surface area contributed by atoms with Crippen molar-refractivity contribution in [2.24, 2.45) is 5.84 Å². The number of furan rings is 1. The predicted molar refractivity (Wildman–Crippen MR) is 47.4 cm³/mol. The summed E-state index contributed by atoms with van der Waals surface area (Å²) in [4.78, 5) is 0. The smallest absolute Gasteiger partial charge is 0.136 e. The molecule has 1 atom stereocenters. The van der Waals surface area contributed by atoms with Crippen LogP contribution in [0.15, 0.2) is 34.6 Å². The van der Waals surface area contributed by atoms with Gasteiger partial charge in [-0.25, -0.2) is 5.43 Å². The molecule has 13 heavy (non-hydrogen) atoms. The molecule has 0 spiro atoms. The van der Waals surface area contributed by atoms with E-state index < -0.39 is 0 Å². The second kappa shape index (κ2) is 3.64. The normalized spacial score (nSPS) is 18.1. The molecule has 0 amide bonds. The first kappa shape index (κ1) is 8.34. The van der Waals surface area contributed by atoms with Crippen molar-refractivity contribution in [3.8, 4) is 0 Å². The quantitative estimate of drug-likeness (QED) is 0.540. The minimum Gasteiger partial charge on any atom is -0.496 e. The van der Waals surface area contributed by atoms with Gasteiger partial charge in [0.05, 0.1) is 12.9 Å². The Morgan fingerprint density at radius 2 is 2.46 bits per heavy atom. The van der Waals surface area contributed by atoms with Gasteiger partial charge in [-0.2, -0.15) is 0 Å². The lowest BCUT2D eigenvalue weighted by atomic mass is 10.2. The number of hydrogen-bond acceptors (Lipinski definition) is 4. The molecule has 0 aromatic carbocycles. The number of rotatable bonds is 3. The van der Waals surface area contributed by atoms with E-state index in [0.29, 0.717) is 0 Å². The highest BCUT2D eigenvalue weighted by Crippen LogP contribution is 2.25. The molecule has 0 fully saturated rings. The van der Waals surface area contributed by atoms with E-state index in [1.54, 1.807) is 6.26 Å². The molecule has 2 heterocycles. The summed E-state index contributed by atoms with van der Waals surface area (Å²) >= 11 is 0. The molecule has 4 heteroatoms. The van der Waals surface area contributed by atoms with Crippen molar-refractivity contribution in [1.82, 2.24) is 5.43 Å². The first-order valence-corrected chi connectivity index (χ1v) is 4.24. The summed E-state index contributed by atoms with van der Waals surface area (Å²) in [6.45, 7) is 0.730. The van der Waals surface area contributed by atoms with Crippen LogP contribution in [0.2, 0.25) is 0 Å². The molecule has 3 N–H and O–H groups in total. The SMILES string of the molecule is NNC(C1=CCCO1)c1ccco1. The molecule has 0 bridgehead atoms. The topological polar surface area (TPSA) is 60.4 Å². The van der Waals surface area contributed by atoms with Crippen LogP contribution in [0.25, 0.3) is 0 Å². The Hall–Kier alpha value is -1.26. The third-order valence-corrected chi connectivity index (χ3v) is 2.01. The van der Waals surface area contributed by atoms with Crippen molar-refractivity contribution >= 4 is 0 Å². The van der Waals surface area contributed by atoms with E-state index in [4.69, 9.17) is 15.0 Å². The van der Waals surface area contributed by atoms with Gasteiger partial charge in [0.2, 0.25) is 0 Å². The number of hydrogen-bond donors (Lipinski definition) is 2. The lowest BCUT2D eigenvalue weighted by molar-refractivity contribution is 0.207. The molecule has 1 aromatic rings. The molecular weight excluding hydrogens is 168 g/mol. The third kappa shape index (κ3) is 1.59. The minimum absolute atomic E-state index is 0.155. The summed E-state index contributed by atoms with van der Waals surface area (Å²) in [6, 6.07) is 3.54. The average Bonchev–Trinajstić information content (AvgIpc) is 2.76. The lowest BCUT2D eigenvalue weighted by Gasteiger charge is -2.14. The third-order valence-electron chi connectivity index (χ3n) is 2.01. The maximum absolute atomic E-state index is 5.41. The zero-order valence-electron chi connectivity index (χ0n) is 7.19.